The summed E-state index contributed by atoms with van der Waals surface area (Å²) >= 11 is 12.8. The summed E-state index contributed by atoms with van der Waals surface area (Å²) < 4.78 is 6.84. The third-order valence-electron chi connectivity index (χ3n) is 2.65. The Bertz CT molecular complexity index is 830. The van der Waals surface area contributed by atoms with Crippen LogP contribution in [0.5, 0.6) is 5.75 Å². The Morgan fingerprint density at radius 3 is 2.76 bits per heavy atom. The average molecular weight is 342 g/mol. The Labute approximate surface area is 133 Å². The van der Waals surface area contributed by atoms with Gasteiger partial charge in [-0.3, -0.25) is 4.79 Å². The zero-order valence-electron chi connectivity index (χ0n) is 10.6. The number of ether oxygens (including phenoxy) is 1. The molecule has 108 valence electrons. The largest absolute Gasteiger partial charge is 0.486 e. The van der Waals surface area contributed by atoms with Crippen LogP contribution >= 0.6 is 34.5 Å². The second-order valence-corrected chi connectivity index (χ2v) is 5.90. The van der Waals surface area contributed by atoms with E-state index in [-0.39, 0.29) is 18.0 Å². The van der Waals surface area contributed by atoms with Crippen LogP contribution in [0.1, 0.15) is 10.7 Å². The van der Waals surface area contributed by atoms with Gasteiger partial charge in [-0.05, 0) is 24.3 Å². The number of nitrogens with zero attached hydrogens (tertiary/aromatic N) is 3. The maximum Gasteiger partial charge on any atom is 0.275 e. The van der Waals surface area contributed by atoms with Crippen LogP contribution in [-0.2, 0) is 12.5 Å². The van der Waals surface area contributed by atoms with Gasteiger partial charge in [0.05, 0.1) is 11.6 Å². The van der Waals surface area contributed by atoms with Gasteiger partial charge in [0, 0.05) is 11.1 Å². The molecule has 0 fully saturated rings. The minimum atomic E-state index is -0.246. The molecule has 0 aliphatic heterocycles. The molecule has 0 radical (unpaired) electrons. The van der Waals surface area contributed by atoms with Crippen molar-refractivity contribution in [2.75, 3.05) is 0 Å². The molecule has 2 aromatic heterocycles. The van der Waals surface area contributed by atoms with Gasteiger partial charge in [0.1, 0.15) is 12.4 Å². The smallest absolute Gasteiger partial charge is 0.275 e. The van der Waals surface area contributed by atoms with Crippen molar-refractivity contribution in [3.63, 3.8) is 0 Å². The number of rotatable bonds is 4. The number of benzene rings is 1. The van der Waals surface area contributed by atoms with Gasteiger partial charge in [0.25, 0.3) is 5.56 Å². The highest BCUT2D eigenvalue weighted by atomic mass is 35.5. The molecule has 0 aliphatic rings. The van der Waals surface area contributed by atoms with Gasteiger partial charge in [0.2, 0.25) is 4.96 Å². The van der Waals surface area contributed by atoms with Crippen LogP contribution in [0, 0.1) is 0 Å². The van der Waals surface area contributed by atoms with Crippen molar-refractivity contribution < 1.29 is 4.74 Å². The van der Waals surface area contributed by atoms with Crippen molar-refractivity contribution >= 4 is 39.5 Å². The monoisotopic (exact) mass is 341 g/mol. The molecule has 0 saturated carbocycles. The summed E-state index contributed by atoms with van der Waals surface area (Å²) in [7, 11) is 0. The van der Waals surface area contributed by atoms with Crippen molar-refractivity contribution in [3.8, 4) is 5.75 Å². The fourth-order valence-electron chi connectivity index (χ4n) is 1.70. The molecule has 2 heterocycles. The van der Waals surface area contributed by atoms with Crippen LogP contribution in [0.15, 0.2) is 35.1 Å². The summed E-state index contributed by atoms with van der Waals surface area (Å²) in [5, 5.41) is 5.49. The Morgan fingerprint density at radius 2 is 2.05 bits per heavy atom. The van der Waals surface area contributed by atoms with Crippen LogP contribution < -0.4 is 10.3 Å². The van der Waals surface area contributed by atoms with E-state index in [0.717, 1.165) is 0 Å². The number of halogens is 2. The molecular weight excluding hydrogens is 333 g/mol. The molecule has 3 rings (SSSR count). The maximum absolute atomic E-state index is 11.8. The summed E-state index contributed by atoms with van der Waals surface area (Å²) in [6.45, 7) is 0.255. The third-order valence-corrected chi connectivity index (χ3v) is 4.06. The molecule has 0 N–H and O–H groups in total. The summed E-state index contributed by atoms with van der Waals surface area (Å²) in [4.78, 5) is 16.6. The first-order valence-corrected chi connectivity index (χ1v) is 7.71. The van der Waals surface area contributed by atoms with Gasteiger partial charge in [-0.2, -0.15) is 9.61 Å². The second-order valence-electron chi connectivity index (χ2n) is 4.15. The number of alkyl halides is 1. The zero-order chi connectivity index (χ0) is 14.8. The van der Waals surface area contributed by atoms with E-state index in [1.165, 1.54) is 21.9 Å². The molecule has 21 heavy (non-hydrogen) atoms. The van der Waals surface area contributed by atoms with Crippen molar-refractivity contribution in [2.45, 2.75) is 12.5 Å². The lowest BCUT2D eigenvalue weighted by atomic mass is 10.3. The molecule has 0 aliphatic carbocycles. The van der Waals surface area contributed by atoms with Crippen molar-refractivity contribution in [1.29, 1.82) is 0 Å². The number of fused-ring (bicyclic) bond motifs is 1. The standard InChI is InChI=1S/C13H9Cl2N3O2S/c14-6-9-5-12(19)18-13(16-9)21-11(17-18)7-20-10-3-1-8(15)2-4-10/h1-5H,6-7H2. The van der Waals surface area contributed by atoms with Gasteiger partial charge in [-0.1, -0.05) is 22.9 Å². The minimum absolute atomic E-state index is 0.195. The SMILES string of the molecule is O=c1cc(CCl)nc2sc(COc3ccc(Cl)cc3)nn12. The van der Waals surface area contributed by atoms with Crippen molar-refractivity contribution in [3.05, 3.63) is 56.4 Å². The van der Waals surface area contributed by atoms with E-state index < -0.39 is 0 Å². The molecule has 0 spiro atoms. The van der Waals surface area contributed by atoms with Crippen molar-refractivity contribution in [1.82, 2.24) is 14.6 Å². The predicted octanol–water partition coefficient (Wildman–Crippen LogP) is 3.12. The van der Waals surface area contributed by atoms with E-state index >= 15 is 0 Å². The minimum Gasteiger partial charge on any atom is -0.486 e. The molecule has 3 aromatic rings. The van der Waals surface area contributed by atoms with Gasteiger partial charge < -0.3 is 4.74 Å². The lowest BCUT2D eigenvalue weighted by Crippen LogP contribution is -2.15. The van der Waals surface area contributed by atoms with Gasteiger partial charge in [0.15, 0.2) is 5.01 Å². The van der Waals surface area contributed by atoms with E-state index in [0.29, 0.717) is 26.4 Å². The highest BCUT2D eigenvalue weighted by Crippen LogP contribution is 2.18. The van der Waals surface area contributed by atoms with Crippen LogP contribution in [0.3, 0.4) is 0 Å². The number of aromatic nitrogens is 3. The van der Waals surface area contributed by atoms with Gasteiger partial charge in [-0.15, -0.1) is 11.6 Å². The molecule has 5 nitrogen and oxygen atoms in total. The quantitative estimate of drug-likeness (QED) is 0.684. The fraction of sp³-hybridized carbons (Fsp3) is 0.154. The molecule has 0 unspecified atom stereocenters. The van der Waals surface area contributed by atoms with E-state index in [2.05, 4.69) is 10.1 Å². The summed E-state index contributed by atoms with van der Waals surface area (Å²) in [6, 6.07) is 8.41. The van der Waals surface area contributed by atoms with Crippen LogP contribution in [0.4, 0.5) is 0 Å². The molecule has 0 saturated heterocycles. The van der Waals surface area contributed by atoms with Crippen LogP contribution in [-0.4, -0.2) is 14.6 Å². The lowest BCUT2D eigenvalue weighted by Gasteiger charge is -2.02. The Balaban J connectivity index is 1.83. The van der Waals surface area contributed by atoms with Crippen LogP contribution in [0.2, 0.25) is 5.02 Å². The first kappa shape index (κ1) is 14.3. The molecule has 8 heteroatoms. The molecular formula is C13H9Cl2N3O2S. The van der Waals surface area contributed by atoms with Gasteiger partial charge in [-0.25, -0.2) is 4.98 Å². The first-order chi connectivity index (χ1) is 10.2. The molecule has 0 amide bonds. The van der Waals surface area contributed by atoms with E-state index in [1.54, 1.807) is 24.3 Å². The number of hydrogen-bond donors (Lipinski definition) is 0. The predicted molar refractivity (Wildman–Crippen MR) is 82.5 cm³/mol. The highest BCUT2D eigenvalue weighted by molar-refractivity contribution is 7.16. The molecule has 0 bridgehead atoms. The fourth-order valence-corrected chi connectivity index (χ4v) is 2.79. The lowest BCUT2D eigenvalue weighted by molar-refractivity contribution is 0.304. The van der Waals surface area contributed by atoms with Gasteiger partial charge >= 0.3 is 0 Å². The summed E-state index contributed by atoms with van der Waals surface area (Å²) in [5.41, 5.74) is 0.292. The van der Waals surface area contributed by atoms with E-state index in [9.17, 15) is 4.79 Å². The molecule has 0 atom stereocenters. The van der Waals surface area contributed by atoms with Crippen molar-refractivity contribution in [2.24, 2.45) is 0 Å². The average Bonchev–Trinajstić information content (AvgIpc) is 2.90. The first-order valence-electron chi connectivity index (χ1n) is 5.99. The Morgan fingerprint density at radius 1 is 1.29 bits per heavy atom. The van der Waals surface area contributed by atoms with Crippen LogP contribution in [0.25, 0.3) is 4.96 Å². The summed E-state index contributed by atoms with van der Waals surface area (Å²) in [5.74, 6) is 0.876. The topological polar surface area (TPSA) is 56.5 Å². The van der Waals surface area contributed by atoms with E-state index in [1.807, 2.05) is 0 Å². The normalized spacial score (nSPS) is 11.0. The highest BCUT2D eigenvalue weighted by Gasteiger charge is 2.09. The maximum atomic E-state index is 11.8. The summed E-state index contributed by atoms with van der Waals surface area (Å²) in [6.07, 6.45) is 0. The zero-order valence-corrected chi connectivity index (χ0v) is 13.0. The Kier molecular flexibility index (Phi) is 4.10. The Hall–Kier alpha value is -1.63. The molecule has 1 aromatic carbocycles. The third kappa shape index (κ3) is 3.18. The number of hydrogen-bond acceptors (Lipinski definition) is 5. The second kappa shape index (κ2) is 6.01. The van der Waals surface area contributed by atoms with E-state index in [4.69, 9.17) is 27.9 Å².